The molecule has 1 aliphatic heterocycles. The van der Waals surface area contributed by atoms with Gasteiger partial charge in [0, 0.05) is 37.3 Å². The summed E-state index contributed by atoms with van der Waals surface area (Å²) in [5.41, 5.74) is 0.689. The molecule has 0 radical (unpaired) electrons. The number of ether oxygens (including phenoxy) is 1. The number of nitrogens with zero attached hydrogens (tertiary/aromatic N) is 1. The molecule has 0 aromatic heterocycles. The molecule has 1 atom stereocenters. The van der Waals surface area contributed by atoms with Gasteiger partial charge in [-0.05, 0) is 32.1 Å². The quantitative estimate of drug-likeness (QED) is 0.760. The molecule has 0 aromatic rings. The summed E-state index contributed by atoms with van der Waals surface area (Å²) in [6, 6.07) is 0. The van der Waals surface area contributed by atoms with Crippen molar-refractivity contribution in [2.75, 3.05) is 32.8 Å². The van der Waals surface area contributed by atoms with Crippen LogP contribution < -0.4 is 5.32 Å². The van der Waals surface area contributed by atoms with Crippen molar-refractivity contribution in [1.82, 2.24) is 10.2 Å². The van der Waals surface area contributed by atoms with Crippen LogP contribution in [-0.2, 0) is 4.74 Å². The van der Waals surface area contributed by atoms with E-state index in [-0.39, 0.29) is 0 Å². The maximum atomic E-state index is 5.85. The molecule has 1 heterocycles. The van der Waals surface area contributed by atoms with E-state index in [1.165, 1.54) is 45.1 Å². The van der Waals surface area contributed by atoms with E-state index in [1.807, 2.05) is 0 Å². The van der Waals surface area contributed by atoms with Gasteiger partial charge in [-0.2, -0.15) is 0 Å². The van der Waals surface area contributed by atoms with Gasteiger partial charge in [-0.3, -0.25) is 4.90 Å². The van der Waals surface area contributed by atoms with Crippen molar-refractivity contribution in [3.63, 3.8) is 0 Å². The summed E-state index contributed by atoms with van der Waals surface area (Å²) in [7, 11) is 0. The van der Waals surface area contributed by atoms with E-state index in [2.05, 4.69) is 37.9 Å². The van der Waals surface area contributed by atoms with Crippen molar-refractivity contribution in [2.45, 2.75) is 77.3 Å². The zero-order valence-electron chi connectivity index (χ0n) is 14.7. The number of piperazine rings is 1. The van der Waals surface area contributed by atoms with Gasteiger partial charge < -0.3 is 10.1 Å². The summed E-state index contributed by atoms with van der Waals surface area (Å²) in [6.07, 6.45) is 8.14. The van der Waals surface area contributed by atoms with Gasteiger partial charge in [0.15, 0.2) is 0 Å². The molecule has 1 N–H and O–H groups in total. The van der Waals surface area contributed by atoms with E-state index in [1.54, 1.807) is 0 Å². The van der Waals surface area contributed by atoms with Crippen LogP contribution in [0.4, 0.5) is 0 Å². The first kappa shape index (κ1) is 17.2. The molecule has 3 nitrogen and oxygen atoms in total. The van der Waals surface area contributed by atoms with E-state index in [4.69, 9.17) is 4.74 Å². The highest BCUT2D eigenvalue weighted by Crippen LogP contribution is 2.35. The van der Waals surface area contributed by atoms with Gasteiger partial charge in [0.25, 0.3) is 0 Å². The molecule has 1 spiro atoms. The van der Waals surface area contributed by atoms with Crippen LogP contribution in [0.3, 0.4) is 0 Å². The molecule has 0 bridgehead atoms. The van der Waals surface area contributed by atoms with Crippen LogP contribution in [0.25, 0.3) is 0 Å². The second-order valence-electron chi connectivity index (χ2n) is 7.94. The Morgan fingerprint density at radius 3 is 2.52 bits per heavy atom. The molecular formula is C18H36N2O. The fraction of sp³-hybridized carbons (Fsp3) is 1.00. The van der Waals surface area contributed by atoms with E-state index in [9.17, 15) is 0 Å². The standard InChI is InChI=1S/C18H36N2O/c1-5-17(4)14-19-18(9-7-6-8-10-18)15-20(17)11-12-21-13-16(2)3/h16,19H,5-15H2,1-4H3. The fourth-order valence-corrected chi connectivity index (χ4v) is 3.86. The fourth-order valence-electron chi connectivity index (χ4n) is 3.86. The summed E-state index contributed by atoms with van der Waals surface area (Å²) < 4.78 is 5.85. The predicted molar refractivity (Wildman–Crippen MR) is 89.7 cm³/mol. The minimum atomic E-state index is 0.296. The SMILES string of the molecule is CCC1(C)CNC2(CCCCC2)CN1CCOCC(C)C. The summed E-state index contributed by atoms with van der Waals surface area (Å²) in [5.74, 6) is 0.635. The van der Waals surface area contributed by atoms with Gasteiger partial charge in [0.05, 0.1) is 6.61 Å². The van der Waals surface area contributed by atoms with Gasteiger partial charge in [0.1, 0.15) is 0 Å². The first-order valence-corrected chi connectivity index (χ1v) is 9.07. The summed E-state index contributed by atoms with van der Waals surface area (Å²) in [6.45, 7) is 14.4. The van der Waals surface area contributed by atoms with Crippen molar-refractivity contribution in [2.24, 2.45) is 5.92 Å². The second kappa shape index (κ2) is 7.43. The third kappa shape index (κ3) is 4.43. The molecule has 1 saturated carbocycles. The van der Waals surface area contributed by atoms with Crippen LogP contribution >= 0.6 is 0 Å². The monoisotopic (exact) mass is 296 g/mol. The lowest BCUT2D eigenvalue weighted by Crippen LogP contribution is -2.69. The molecule has 2 rings (SSSR count). The Balaban J connectivity index is 1.92. The molecule has 1 aliphatic carbocycles. The molecular weight excluding hydrogens is 260 g/mol. The Kier molecular flexibility index (Phi) is 6.10. The third-order valence-electron chi connectivity index (χ3n) is 5.63. The molecule has 1 unspecified atom stereocenters. The van der Waals surface area contributed by atoms with Crippen LogP contribution in [0.2, 0.25) is 0 Å². The van der Waals surface area contributed by atoms with Crippen molar-refractivity contribution in [3.05, 3.63) is 0 Å². The summed E-state index contributed by atoms with van der Waals surface area (Å²) in [4.78, 5) is 2.72. The highest BCUT2D eigenvalue weighted by Gasteiger charge is 2.44. The zero-order chi connectivity index (χ0) is 15.3. The lowest BCUT2D eigenvalue weighted by molar-refractivity contribution is -0.0218. The number of hydrogen-bond donors (Lipinski definition) is 1. The van der Waals surface area contributed by atoms with Gasteiger partial charge >= 0.3 is 0 Å². The largest absolute Gasteiger partial charge is 0.380 e. The van der Waals surface area contributed by atoms with Gasteiger partial charge in [0.2, 0.25) is 0 Å². The second-order valence-corrected chi connectivity index (χ2v) is 7.94. The highest BCUT2D eigenvalue weighted by atomic mass is 16.5. The summed E-state index contributed by atoms with van der Waals surface area (Å²) in [5, 5.41) is 3.93. The van der Waals surface area contributed by atoms with Gasteiger partial charge in [-0.25, -0.2) is 0 Å². The van der Waals surface area contributed by atoms with Crippen LogP contribution in [0.15, 0.2) is 0 Å². The Bertz CT molecular complexity index is 312. The van der Waals surface area contributed by atoms with E-state index in [0.717, 1.165) is 26.3 Å². The van der Waals surface area contributed by atoms with Crippen molar-refractivity contribution in [1.29, 1.82) is 0 Å². The van der Waals surface area contributed by atoms with Gasteiger partial charge in [-0.1, -0.05) is 40.0 Å². The predicted octanol–water partition coefficient (Wildman–Crippen LogP) is 3.44. The Morgan fingerprint density at radius 2 is 1.90 bits per heavy atom. The highest BCUT2D eigenvalue weighted by molar-refractivity contribution is 5.04. The Hall–Kier alpha value is -0.120. The first-order valence-electron chi connectivity index (χ1n) is 9.07. The minimum absolute atomic E-state index is 0.296. The van der Waals surface area contributed by atoms with E-state index < -0.39 is 0 Å². The molecule has 2 aliphatic rings. The van der Waals surface area contributed by atoms with Gasteiger partial charge in [-0.15, -0.1) is 0 Å². The number of nitrogens with one attached hydrogen (secondary N) is 1. The average Bonchev–Trinajstić information content (AvgIpc) is 2.48. The number of hydrogen-bond acceptors (Lipinski definition) is 3. The molecule has 0 aromatic carbocycles. The zero-order valence-corrected chi connectivity index (χ0v) is 14.7. The maximum absolute atomic E-state index is 5.85. The number of rotatable bonds is 6. The van der Waals surface area contributed by atoms with Crippen LogP contribution in [0.1, 0.15) is 66.2 Å². The minimum Gasteiger partial charge on any atom is -0.380 e. The topological polar surface area (TPSA) is 24.5 Å². The first-order chi connectivity index (χ1) is 10.00. The normalized spacial score (nSPS) is 30.1. The average molecular weight is 296 g/mol. The van der Waals surface area contributed by atoms with Crippen LogP contribution in [-0.4, -0.2) is 48.8 Å². The molecule has 0 amide bonds. The molecule has 3 heteroatoms. The maximum Gasteiger partial charge on any atom is 0.0593 e. The third-order valence-corrected chi connectivity index (χ3v) is 5.63. The van der Waals surface area contributed by atoms with Crippen LogP contribution in [0.5, 0.6) is 0 Å². The Morgan fingerprint density at radius 1 is 1.19 bits per heavy atom. The van der Waals surface area contributed by atoms with E-state index in [0.29, 0.717) is 17.0 Å². The van der Waals surface area contributed by atoms with Crippen LogP contribution in [0, 0.1) is 5.92 Å². The van der Waals surface area contributed by atoms with E-state index >= 15 is 0 Å². The van der Waals surface area contributed by atoms with Crippen molar-refractivity contribution in [3.8, 4) is 0 Å². The van der Waals surface area contributed by atoms with Crippen molar-refractivity contribution < 1.29 is 4.74 Å². The molecule has 2 fully saturated rings. The Labute approximate surface area is 131 Å². The lowest BCUT2D eigenvalue weighted by atomic mass is 9.77. The summed E-state index contributed by atoms with van der Waals surface area (Å²) >= 11 is 0. The lowest BCUT2D eigenvalue weighted by Gasteiger charge is -2.54. The van der Waals surface area contributed by atoms with Crippen molar-refractivity contribution >= 4 is 0 Å². The smallest absolute Gasteiger partial charge is 0.0593 e. The molecule has 124 valence electrons. The molecule has 21 heavy (non-hydrogen) atoms. The molecule has 1 saturated heterocycles.